The summed E-state index contributed by atoms with van der Waals surface area (Å²) in [6, 6.07) is 4.79. The Kier molecular flexibility index (Phi) is 3.27. The van der Waals surface area contributed by atoms with Crippen molar-refractivity contribution in [2.75, 3.05) is 0 Å². The van der Waals surface area contributed by atoms with E-state index in [1.54, 1.807) is 18.2 Å². The monoisotopic (exact) mass is 288 g/mol. The molecule has 1 spiro atoms. The second kappa shape index (κ2) is 4.75. The van der Waals surface area contributed by atoms with Crippen molar-refractivity contribution in [1.29, 1.82) is 0 Å². The first-order valence-corrected chi connectivity index (χ1v) is 7.84. The zero-order chi connectivity index (χ0) is 15.3. The molecule has 1 aromatic carbocycles. The number of phenols is 1. The Balaban J connectivity index is 1.82. The maximum absolute atomic E-state index is 12.4. The van der Waals surface area contributed by atoms with Crippen molar-refractivity contribution in [3.8, 4) is 11.5 Å². The van der Waals surface area contributed by atoms with Crippen molar-refractivity contribution in [1.82, 2.24) is 0 Å². The number of hydrogen-bond donors (Lipinski definition) is 1. The molecule has 1 N–H and O–H groups in total. The highest BCUT2D eigenvalue weighted by Gasteiger charge is 2.45. The fourth-order valence-electron chi connectivity index (χ4n) is 3.77. The molecule has 3 rings (SSSR count). The van der Waals surface area contributed by atoms with Gasteiger partial charge in [-0.2, -0.15) is 0 Å². The number of rotatable bonds is 0. The van der Waals surface area contributed by atoms with Gasteiger partial charge in [-0.1, -0.05) is 20.8 Å². The summed E-state index contributed by atoms with van der Waals surface area (Å²) in [6.45, 7) is 6.86. The van der Waals surface area contributed by atoms with Gasteiger partial charge >= 0.3 is 0 Å². The van der Waals surface area contributed by atoms with Crippen LogP contribution in [-0.2, 0) is 0 Å². The van der Waals surface area contributed by atoms with Crippen LogP contribution in [0.25, 0.3) is 0 Å². The Morgan fingerprint density at radius 3 is 2.52 bits per heavy atom. The van der Waals surface area contributed by atoms with Crippen LogP contribution in [0.3, 0.4) is 0 Å². The van der Waals surface area contributed by atoms with Crippen LogP contribution in [0, 0.1) is 11.3 Å². The van der Waals surface area contributed by atoms with E-state index in [0.717, 1.165) is 25.7 Å². The zero-order valence-corrected chi connectivity index (χ0v) is 13.1. The lowest BCUT2D eigenvalue weighted by Crippen LogP contribution is -2.46. The van der Waals surface area contributed by atoms with E-state index in [2.05, 4.69) is 20.8 Å². The summed E-state index contributed by atoms with van der Waals surface area (Å²) < 4.78 is 6.19. The fourth-order valence-corrected chi connectivity index (χ4v) is 3.77. The van der Waals surface area contributed by atoms with Gasteiger partial charge in [0.1, 0.15) is 17.1 Å². The number of carbonyl (C=O) groups is 1. The molecule has 1 saturated carbocycles. The average Bonchev–Trinajstić information content (AvgIpc) is 2.37. The molecule has 21 heavy (non-hydrogen) atoms. The smallest absolute Gasteiger partial charge is 0.170 e. The predicted molar refractivity (Wildman–Crippen MR) is 81.8 cm³/mol. The van der Waals surface area contributed by atoms with E-state index in [-0.39, 0.29) is 17.1 Å². The van der Waals surface area contributed by atoms with Gasteiger partial charge in [0, 0.05) is 6.07 Å². The fraction of sp³-hybridized carbons (Fsp3) is 0.611. The molecule has 0 amide bonds. The third kappa shape index (κ3) is 2.66. The molecule has 2 aliphatic rings. The molecule has 1 aliphatic heterocycles. The molecule has 0 atom stereocenters. The van der Waals surface area contributed by atoms with Gasteiger partial charge in [-0.15, -0.1) is 0 Å². The number of fused-ring (bicyclic) bond motifs is 1. The second-order valence-electron chi connectivity index (χ2n) is 7.71. The van der Waals surface area contributed by atoms with Gasteiger partial charge in [-0.3, -0.25) is 4.79 Å². The molecule has 1 aromatic rings. The van der Waals surface area contributed by atoms with Crippen LogP contribution in [0.4, 0.5) is 0 Å². The van der Waals surface area contributed by atoms with E-state index in [0.29, 0.717) is 29.1 Å². The number of benzene rings is 1. The third-order valence-corrected chi connectivity index (χ3v) is 5.20. The van der Waals surface area contributed by atoms with Crippen molar-refractivity contribution >= 4 is 5.78 Å². The Labute approximate surface area is 126 Å². The zero-order valence-electron chi connectivity index (χ0n) is 13.1. The lowest BCUT2D eigenvalue weighted by Gasteiger charge is -2.45. The number of ether oxygens (including phenoxy) is 1. The largest absolute Gasteiger partial charge is 0.508 e. The number of ketones is 1. The van der Waals surface area contributed by atoms with Crippen molar-refractivity contribution in [3.63, 3.8) is 0 Å². The first kappa shape index (κ1) is 14.4. The topological polar surface area (TPSA) is 46.5 Å². The van der Waals surface area contributed by atoms with Gasteiger partial charge in [0.15, 0.2) is 5.78 Å². The van der Waals surface area contributed by atoms with Gasteiger partial charge in [-0.05, 0) is 49.1 Å². The molecule has 0 saturated heterocycles. The Hall–Kier alpha value is -1.51. The molecule has 0 radical (unpaired) electrons. The molecule has 3 nitrogen and oxygen atoms in total. The average molecular weight is 288 g/mol. The summed E-state index contributed by atoms with van der Waals surface area (Å²) in [5.74, 6) is 1.54. The van der Waals surface area contributed by atoms with E-state index in [4.69, 9.17) is 4.74 Å². The molecule has 0 bridgehead atoms. The van der Waals surface area contributed by atoms with Gasteiger partial charge in [0.05, 0.1) is 12.0 Å². The van der Waals surface area contributed by atoms with Crippen LogP contribution in [0.5, 0.6) is 11.5 Å². The third-order valence-electron chi connectivity index (χ3n) is 5.20. The minimum absolute atomic E-state index is 0.144. The van der Waals surface area contributed by atoms with Crippen LogP contribution in [0.1, 0.15) is 63.2 Å². The molecule has 0 aromatic heterocycles. The van der Waals surface area contributed by atoms with E-state index in [1.165, 1.54) is 0 Å². The Morgan fingerprint density at radius 1 is 1.24 bits per heavy atom. The Bertz CT molecular complexity index is 560. The molecule has 1 heterocycles. The standard InChI is InChI=1S/C18H24O3/c1-17(2,3)12-6-8-18(9-7-12)11-15(20)14-5-4-13(19)10-16(14)21-18/h4-5,10,12,19H,6-9,11H2,1-3H3. The normalized spacial score (nSPS) is 29.1. The van der Waals surface area contributed by atoms with Crippen LogP contribution >= 0.6 is 0 Å². The molecule has 114 valence electrons. The summed E-state index contributed by atoms with van der Waals surface area (Å²) in [4.78, 5) is 12.4. The van der Waals surface area contributed by atoms with Gasteiger partial charge in [0.25, 0.3) is 0 Å². The number of Topliss-reactive ketones (excluding diaryl/α,β-unsaturated/α-hetero) is 1. The van der Waals surface area contributed by atoms with Crippen molar-refractivity contribution in [3.05, 3.63) is 23.8 Å². The molecule has 3 heteroatoms. The summed E-state index contributed by atoms with van der Waals surface area (Å²) >= 11 is 0. The minimum atomic E-state index is -0.348. The highest BCUT2D eigenvalue weighted by Crippen LogP contribution is 2.47. The lowest BCUT2D eigenvalue weighted by atomic mass is 9.66. The lowest BCUT2D eigenvalue weighted by molar-refractivity contribution is -0.0128. The summed E-state index contributed by atoms with van der Waals surface area (Å²) in [5, 5.41) is 9.62. The number of hydrogen-bond acceptors (Lipinski definition) is 3. The van der Waals surface area contributed by atoms with E-state index >= 15 is 0 Å². The first-order chi connectivity index (χ1) is 9.79. The van der Waals surface area contributed by atoms with E-state index < -0.39 is 0 Å². The number of carbonyl (C=O) groups excluding carboxylic acids is 1. The molecular formula is C18H24O3. The van der Waals surface area contributed by atoms with Gasteiger partial charge in [-0.25, -0.2) is 0 Å². The number of aromatic hydroxyl groups is 1. The maximum Gasteiger partial charge on any atom is 0.170 e. The first-order valence-electron chi connectivity index (χ1n) is 7.84. The van der Waals surface area contributed by atoms with E-state index in [1.807, 2.05) is 0 Å². The van der Waals surface area contributed by atoms with Crippen molar-refractivity contribution < 1.29 is 14.6 Å². The van der Waals surface area contributed by atoms with Crippen molar-refractivity contribution in [2.24, 2.45) is 11.3 Å². The SMILES string of the molecule is CC(C)(C)C1CCC2(CC1)CC(=O)c1ccc(O)cc1O2. The Morgan fingerprint density at radius 2 is 1.90 bits per heavy atom. The summed E-state index contributed by atoms with van der Waals surface area (Å²) in [6.07, 6.45) is 4.53. The molecule has 0 unspecified atom stereocenters. The summed E-state index contributed by atoms with van der Waals surface area (Å²) in [7, 11) is 0. The highest BCUT2D eigenvalue weighted by molar-refractivity contribution is 6.00. The van der Waals surface area contributed by atoms with Crippen LogP contribution in [-0.4, -0.2) is 16.5 Å². The highest BCUT2D eigenvalue weighted by atomic mass is 16.5. The van der Waals surface area contributed by atoms with Crippen LogP contribution < -0.4 is 4.74 Å². The number of phenolic OH excluding ortho intramolecular Hbond substituents is 1. The van der Waals surface area contributed by atoms with Crippen molar-refractivity contribution in [2.45, 2.75) is 58.5 Å². The van der Waals surface area contributed by atoms with Gasteiger partial charge < -0.3 is 9.84 Å². The van der Waals surface area contributed by atoms with Crippen LogP contribution in [0.15, 0.2) is 18.2 Å². The predicted octanol–water partition coefficient (Wildman–Crippen LogP) is 4.33. The van der Waals surface area contributed by atoms with Gasteiger partial charge in [0.2, 0.25) is 0 Å². The molecule has 1 fully saturated rings. The quantitative estimate of drug-likeness (QED) is 0.772. The van der Waals surface area contributed by atoms with E-state index in [9.17, 15) is 9.90 Å². The minimum Gasteiger partial charge on any atom is -0.508 e. The van der Waals surface area contributed by atoms with Crippen LogP contribution in [0.2, 0.25) is 0 Å². The second-order valence-corrected chi connectivity index (χ2v) is 7.71. The summed E-state index contributed by atoms with van der Waals surface area (Å²) in [5.41, 5.74) is 0.576. The molecular weight excluding hydrogens is 264 g/mol. The maximum atomic E-state index is 12.4. The molecule has 1 aliphatic carbocycles.